The fourth-order valence-electron chi connectivity index (χ4n) is 2.81. The van der Waals surface area contributed by atoms with E-state index in [0.29, 0.717) is 5.56 Å². The number of hydrogen-bond donors (Lipinski definition) is 0. The van der Waals surface area contributed by atoms with Gasteiger partial charge in [-0.05, 0) is 0 Å². The summed E-state index contributed by atoms with van der Waals surface area (Å²) in [5, 5.41) is 1.10. The van der Waals surface area contributed by atoms with Gasteiger partial charge in [-0.1, -0.05) is 0 Å². The molecule has 4 rings (SSSR count). The third-order valence-corrected chi connectivity index (χ3v) is 6.20. The monoisotopic (exact) mass is 366 g/mol. The van der Waals surface area contributed by atoms with Crippen molar-refractivity contribution in [2.45, 2.75) is 13.8 Å². The molecule has 23 heavy (non-hydrogen) atoms. The van der Waals surface area contributed by atoms with Crippen molar-refractivity contribution in [2.75, 3.05) is 0 Å². The molecular formula is C21H17NSe. The normalized spacial score (nSPS) is 13.5. The van der Waals surface area contributed by atoms with Crippen molar-refractivity contribution in [1.29, 1.82) is 0 Å². The molecule has 4 aromatic rings. The van der Waals surface area contributed by atoms with Crippen molar-refractivity contribution >= 4 is 24.3 Å². The Morgan fingerprint density at radius 2 is 1.74 bits per heavy atom. The van der Waals surface area contributed by atoms with Crippen LogP contribution in [0.4, 0.5) is 0 Å². The van der Waals surface area contributed by atoms with Gasteiger partial charge >= 0.3 is 146 Å². The van der Waals surface area contributed by atoms with Gasteiger partial charge in [0.05, 0.1) is 0 Å². The van der Waals surface area contributed by atoms with Crippen LogP contribution in [-0.4, -0.2) is 19.5 Å². The van der Waals surface area contributed by atoms with Crippen LogP contribution in [-0.2, 0) is 0 Å². The number of hydrogen-bond acceptors (Lipinski definition) is 1. The van der Waals surface area contributed by atoms with Crippen molar-refractivity contribution in [3.8, 4) is 21.3 Å². The summed E-state index contributed by atoms with van der Waals surface area (Å²) in [4.78, 5) is 4.86. The molecule has 2 heterocycles. The van der Waals surface area contributed by atoms with Gasteiger partial charge in [-0.3, -0.25) is 0 Å². The standard InChI is InChI=1S/C21H17NSe/c1-14-7-6-8-15(2)20(14)19-13-17-11-12-18(22-21(17)23-19)16-9-4-3-5-10-16/h3-13H,1-2H3/i1D3. The Hall–Kier alpha value is -2.15. The average molecular weight is 365 g/mol. The number of benzene rings is 2. The number of rotatable bonds is 2. The van der Waals surface area contributed by atoms with E-state index in [-0.39, 0.29) is 14.5 Å². The van der Waals surface area contributed by atoms with Gasteiger partial charge in [0.1, 0.15) is 0 Å². The summed E-state index contributed by atoms with van der Waals surface area (Å²) in [5.74, 6) is 0. The molecule has 0 bridgehead atoms. The Morgan fingerprint density at radius 1 is 0.913 bits per heavy atom. The predicted molar refractivity (Wildman–Crippen MR) is 99.0 cm³/mol. The van der Waals surface area contributed by atoms with Gasteiger partial charge in [0, 0.05) is 0 Å². The Balaban J connectivity index is 1.87. The fraction of sp³-hybridized carbons (Fsp3) is 0.0952. The van der Waals surface area contributed by atoms with Gasteiger partial charge in [-0.15, -0.1) is 0 Å². The zero-order valence-electron chi connectivity index (χ0n) is 15.7. The van der Waals surface area contributed by atoms with Crippen molar-refractivity contribution < 1.29 is 4.11 Å². The zero-order valence-corrected chi connectivity index (χ0v) is 14.4. The first-order chi connectivity index (χ1) is 12.4. The molecule has 0 unspecified atom stereocenters. The van der Waals surface area contributed by atoms with E-state index in [4.69, 9.17) is 9.10 Å². The first-order valence-electron chi connectivity index (χ1n) is 9.00. The summed E-state index contributed by atoms with van der Waals surface area (Å²) in [6.07, 6.45) is 0. The molecule has 0 saturated heterocycles. The van der Waals surface area contributed by atoms with Gasteiger partial charge in [0.25, 0.3) is 0 Å². The van der Waals surface area contributed by atoms with Gasteiger partial charge in [-0.25, -0.2) is 0 Å². The maximum atomic E-state index is 7.88. The molecule has 0 saturated carbocycles. The fourth-order valence-corrected chi connectivity index (χ4v) is 5.23. The molecular weight excluding hydrogens is 345 g/mol. The molecule has 0 N–H and O–H groups in total. The van der Waals surface area contributed by atoms with E-state index >= 15 is 0 Å². The van der Waals surface area contributed by atoms with Crippen molar-refractivity contribution in [3.63, 3.8) is 0 Å². The molecule has 0 radical (unpaired) electrons. The molecule has 112 valence electrons. The second-order valence-corrected chi connectivity index (χ2v) is 7.73. The molecule has 0 amide bonds. The van der Waals surface area contributed by atoms with Crippen LogP contribution < -0.4 is 0 Å². The maximum absolute atomic E-state index is 7.88. The van der Waals surface area contributed by atoms with Crippen LogP contribution in [0.5, 0.6) is 0 Å². The van der Waals surface area contributed by atoms with E-state index in [9.17, 15) is 0 Å². The molecule has 0 fully saturated rings. The molecule has 0 spiro atoms. The minimum atomic E-state index is -2.12. The van der Waals surface area contributed by atoms with Crippen LogP contribution in [0.25, 0.3) is 31.0 Å². The summed E-state index contributed by atoms with van der Waals surface area (Å²) in [6, 6.07) is 21.9. The number of pyridine rings is 1. The zero-order chi connectivity index (χ0) is 18.3. The first kappa shape index (κ1) is 11.4. The van der Waals surface area contributed by atoms with Crippen LogP contribution in [0.3, 0.4) is 0 Å². The molecule has 0 aliphatic carbocycles. The molecule has 0 aliphatic heterocycles. The van der Waals surface area contributed by atoms with Gasteiger partial charge < -0.3 is 0 Å². The number of aromatic nitrogens is 1. The van der Waals surface area contributed by atoms with E-state index in [1.54, 1.807) is 6.07 Å². The van der Waals surface area contributed by atoms with Crippen molar-refractivity contribution in [2.24, 2.45) is 0 Å². The summed E-state index contributed by atoms with van der Waals surface area (Å²) >= 11 is -0.00770. The first-order valence-corrected chi connectivity index (χ1v) is 9.21. The number of aryl methyl sites for hydroxylation is 2. The van der Waals surface area contributed by atoms with Gasteiger partial charge in [-0.2, -0.15) is 0 Å². The second kappa shape index (κ2) is 5.81. The topological polar surface area (TPSA) is 12.9 Å². The Labute approximate surface area is 146 Å². The van der Waals surface area contributed by atoms with Crippen LogP contribution in [0.2, 0.25) is 0 Å². The predicted octanol–water partition coefficient (Wildman–Crippen LogP) is 5.24. The summed E-state index contributed by atoms with van der Waals surface area (Å²) in [7, 11) is 0. The molecule has 2 aromatic carbocycles. The van der Waals surface area contributed by atoms with Crippen LogP contribution in [0, 0.1) is 13.8 Å². The van der Waals surface area contributed by atoms with E-state index in [0.717, 1.165) is 36.6 Å². The summed E-state index contributed by atoms with van der Waals surface area (Å²) in [6.45, 7) is -0.136. The van der Waals surface area contributed by atoms with Crippen molar-refractivity contribution in [1.82, 2.24) is 4.98 Å². The van der Waals surface area contributed by atoms with Gasteiger partial charge in [0.15, 0.2) is 0 Å². The second-order valence-electron chi connectivity index (χ2n) is 5.57. The third kappa shape index (κ3) is 2.65. The molecule has 2 heteroatoms. The molecule has 1 nitrogen and oxygen atoms in total. The van der Waals surface area contributed by atoms with E-state index in [2.05, 4.69) is 24.3 Å². The van der Waals surface area contributed by atoms with Gasteiger partial charge in [0.2, 0.25) is 0 Å². The van der Waals surface area contributed by atoms with Crippen LogP contribution in [0.1, 0.15) is 15.2 Å². The van der Waals surface area contributed by atoms with E-state index in [1.165, 1.54) is 0 Å². The molecule has 2 aromatic heterocycles. The minimum absolute atomic E-state index is 0.00770. The van der Waals surface area contributed by atoms with E-state index < -0.39 is 6.85 Å². The summed E-state index contributed by atoms with van der Waals surface area (Å²) in [5.41, 5.74) is 4.36. The third-order valence-electron chi connectivity index (χ3n) is 3.97. The number of fused-ring (bicyclic) bond motifs is 1. The van der Waals surface area contributed by atoms with Crippen molar-refractivity contribution in [3.05, 3.63) is 77.9 Å². The molecule has 0 atom stereocenters. The summed E-state index contributed by atoms with van der Waals surface area (Å²) < 4.78 is 25.8. The Kier molecular flexibility index (Phi) is 2.88. The Morgan fingerprint density at radius 3 is 2.57 bits per heavy atom. The average Bonchev–Trinajstić information content (AvgIpc) is 3.04. The number of nitrogens with zero attached hydrogens (tertiary/aromatic N) is 1. The SMILES string of the molecule is [2H]C([2H])([2H])c1cccc(C)c1-c1cc2ccc(-c3ccccc3)nc2[se]1. The quantitative estimate of drug-likeness (QED) is 0.443. The molecule has 0 aliphatic rings. The van der Waals surface area contributed by atoms with E-state index in [1.807, 2.05) is 43.3 Å². The van der Waals surface area contributed by atoms with Crippen LogP contribution >= 0.6 is 0 Å². The van der Waals surface area contributed by atoms with Crippen LogP contribution in [0.15, 0.2) is 66.7 Å². The Bertz CT molecular complexity index is 1080.